The Morgan fingerprint density at radius 3 is 1.46 bits per heavy atom. The van der Waals surface area contributed by atoms with Crippen LogP contribution in [0.25, 0.3) is 0 Å². The largest absolute Gasteiger partial charge is 0.461 e. The van der Waals surface area contributed by atoms with E-state index in [4.69, 9.17) is 0 Å². The Balaban J connectivity index is 0.000000150. The molecule has 0 amide bonds. The molecule has 8 saturated carbocycles. The van der Waals surface area contributed by atoms with Crippen LogP contribution in [0.5, 0.6) is 0 Å². The fourth-order valence-corrected chi connectivity index (χ4v) is 8.78. The Morgan fingerprint density at radius 1 is 0.769 bits per heavy atom. The Morgan fingerprint density at radius 2 is 1.13 bits per heavy atom. The molecule has 8 bridgehead atoms. The lowest BCUT2D eigenvalue weighted by molar-refractivity contribution is -0.280. The second-order valence-corrected chi connectivity index (χ2v) is 13.3. The molecule has 0 radical (unpaired) electrons. The molecule has 0 atom stereocenters. The van der Waals surface area contributed by atoms with E-state index in [0.29, 0.717) is 55.1 Å². The second-order valence-electron chi connectivity index (χ2n) is 12.3. The van der Waals surface area contributed by atoms with Gasteiger partial charge in [-0.25, -0.2) is 9.59 Å². The molecule has 222 valence electrons. The summed E-state index contributed by atoms with van der Waals surface area (Å²) >= 11 is 1.84. The number of aliphatic hydroxyl groups is 1. The molecule has 8 rings (SSSR count). The maximum atomic E-state index is 14.4. The molecular weight excluding hydrogens is 588 g/mol. The van der Waals surface area contributed by atoms with Crippen molar-refractivity contribution in [3.8, 4) is 0 Å². The molecule has 0 saturated heterocycles. The van der Waals surface area contributed by atoms with Crippen LogP contribution >= 0.6 is 15.9 Å². The zero-order valence-electron chi connectivity index (χ0n) is 22.5. The number of carbonyl (C=O) groups is 3. The highest BCUT2D eigenvalue weighted by Crippen LogP contribution is 2.62. The minimum atomic E-state index is -3.79. The lowest BCUT2D eigenvalue weighted by atomic mass is 9.48. The van der Waals surface area contributed by atoms with E-state index in [2.05, 4.69) is 9.47 Å². The van der Waals surface area contributed by atoms with Gasteiger partial charge >= 0.3 is 22.7 Å². The van der Waals surface area contributed by atoms with Crippen LogP contribution in [-0.2, 0) is 23.9 Å². The SMILES string of the molecule is CCOC(=O)C(F)(F)Br.CCOC(=O)C(F)(F)C1(O)C2CC3CC(C2)CC1C3.O=C1C2CC3CC(C2)CC1C3. The summed E-state index contributed by atoms with van der Waals surface area (Å²) in [5, 5.41) is 10.7. The van der Waals surface area contributed by atoms with Gasteiger partial charge in [0.25, 0.3) is 0 Å². The third-order valence-electron chi connectivity index (χ3n) is 9.87. The molecule has 8 aliphatic rings. The molecule has 0 heterocycles. The minimum Gasteiger partial charge on any atom is -0.461 e. The Bertz CT molecular complexity index is 878. The van der Waals surface area contributed by atoms with E-state index in [1.807, 2.05) is 15.9 Å². The maximum Gasteiger partial charge on any atom is 0.395 e. The number of halogens is 5. The zero-order chi connectivity index (χ0) is 28.8. The number of esters is 2. The molecule has 0 aliphatic heterocycles. The molecule has 6 nitrogen and oxygen atoms in total. The predicted octanol–water partition coefficient (Wildman–Crippen LogP) is 5.92. The molecule has 39 heavy (non-hydrogen) atoms. The molecule has 0 aromatic heterocycles. The highest BCUT2D eigenvalue weighted by molar-refractivity contribution is 9.10. The zero-order valence-corrected chi connectivity index (χ0v) is 24.1. The van der Waals surface area contributed by atoms with Crippen molar-refractivity contribution in [2.24, 2.45) is 47.3 Å². The van der Waals surface area contributed by atoms with E-state index in [1.165, 1.54) is 46.0 Å². The van der Waals surface area contributed by atoms with Crippen LogP contribution in [0.4, 0.5) is 17.6 Å². The lowest BCUT2D eigenvalue weighted by Gasteiger charge is -2.59. The predicted molar refractivity (Wildman–Crippen MR) is 136 cm³/mol. The van der Waals surface area contributed by atoms with Gasteiger partial charge in [-0.3, -0.25) is 4.79 Å². The van der Waals surface area contributed by atoms with E-state index >= 15 is 0 Å². The number of ketones is 1. The maximum absolute atomic E-state index is 14.4. The fourth-order valence-electron chi connectivity index (χ4n) is 8.66. The summed E-state index contributed by atoms with van der Waals surface area (Å²) < 4.78 is 60.8. The van der Waals surface area contributed by atoms with Gasteiger partial charge in [-0.2, -0.15) is 17.6 Å². The summed E-state index contributed by atoms with van der Waals surface area (Å²) in [6.45, 7) is 2.82. The van der Waals surface area contributed by atoms with Gasteiger partial charge in [0.15, 0.2) is 0 Å². The molecule has 1 N–H and O–H groups in total. The molecule has 0 spiro atoms. The average Bonchev–Trinajstić information content (AvgIpc) is 2.85. The van der Waals surface area contributed by atoms with Crippen LogP contribution in [-0.4, -0.2) is 52.4 Å². The number of alkyl halides is 5. The first kappa shape index (κ1) is 30.7. The van der Waals surface area contributed by atoms with E-state index in [-0.39, 0.29) is 13.2 Å². The molecule has 0 aromatic carbocycles. The van der Waals surface area contributed by atoms with Crippen LogP contribution in [0.1, 0.15) is 78.1 Å². The van der Waals surface area contributed by atoms with Gasteiger partial charge in [0.1, 0.15) is 11.4 Å². The second kappa shape index (κ2) is 11.6. The number of ether oxygens (including phenoxy) is 2. The fraction of sp³-hybridized carbons (Fsp3) is 0.893. The average molecular weight is 628 g/mol. The van der Waals surface area contributed by atoms with Crippen LogP contribution in [0.3, 0.4) is 0 Å². The van der Waals surface area contributed by atoms with Crippen molar-refractivity contribution >= 4 is 33.7 Å². The monoisotopic (exact) mass is 626 g/mol. The Labute approximate surface area is 235 Å². The highest BCUT2D eigenvalue weighted by atomic mass is 79.9. The van der Waals surface area contributed by atoms with Gasteiger partial charge in [-0.1, -0.05) is 0 Å². The van der Waals surface area contributed by atoms with Crippen molar-refractivity contribution in [3.63, 3.8) is 0 Å². The first-order valence-electron chi connectivity index (χ1n) is 14.3. The van der Waals surface area contributed by atoms with Crippen LogP contribution in [0.15, 0.2) is 0 Å². The van der Waals surface area contributed by atoms with Gasteiger partial charge in [0.2, 0.25) is 0 Å². The molecule has 8 fully saturated rings. The lowest BCUT2D eigenvalue weighted by Crippen LogP contribution is -2.68. The molecule has 8 aliphatic carbocycles. The summed E-state index contributed by atoms with van der Waals surface area (Å²) in [5.74, 6) is -3.38. The smallest absolute Gasteiger partial charge is 0.395 e. The summed E-state index contributed by atoms with van der Waals surface area (Å²) in [5.41, 5.74) is -2.19. The van der Waals surface area contributed by atoms with Crippen LogP contribution in [0, 0.1) is 47.3 Å². The van der Waals surface area contributed by atoms with Crippen molar-refractivity contribution in [3.05, 3.63) is 0 Å². The topological polar surface area (TPSA) is 89.9 Å². The Hall–Kier alpha value is -1.23. The van der Waals surface area contributed by atoms with E-state index < -0.39 is 40.1 Å². The first-order chi connectivity index (χ1) is 18.2. The summed E-state index contributed by atoms with van der Waals surface area (Å²) in [6, 6.07) is 0. The van der Waals surface area contributed by atoms with Gasteiger partial charge in [-0.05, 0) is 114 Å². The van der Waals surface area contributed by atoms with Crippen LogP contribution in [0.2, 0.25) is 0 Å². The summed E-state index contributed by atoms with van der Waals surface area (Å²) in [6.07, 6.45) is 10.0. The van der Waals surface area contributed by atoms with Crippen LogP contribution < -0.4 is 0 Å². The van der Waals surface area contributed by atoms with Gasteiger partial charge in [-0.15, -0.1) is 0 Å². The number of Topliss-reactive ketones (excluding diaryl/α,β-unsaturated/α-hetero) is 1. The van der Waals surface area contributed by atoms with Gasteiger partial charge in [0.05, 0.1) is 13.2 Å². The molecule has 0 unspecified atom stereocenters. The van der Waals surface area contributed by atoms with Crippen molar-refractivity contribution < 1.29 is 46.5 Å². The van der Waals surface area contributed by atoms with Gasteiger partial charge < -0.3 is 14.6 Å². The summed E-state index contributed by atoms with van der Waals surface area (Å²) in [7, 11) is 0. The Kier molecular flexibility index (Phi) is 9.11. The standard InChI is InChI=1S/C14H20F2O3.C10H14O.C4H5BrF2O2/c1-2-19-12(17)14(15,16)13(18)10-4-8-3-9(6-10)7-11(13)5-8;11-10-8-2-6-1-7(4-8)5-9(10)3-6;1-2-9-3(8)4(5,6)7/h8-11,18H,2-7H2,1H3;6-9H,1-5H2;2H2,1H3. The number of hydrogen-bond donors (Lipinski definition) is 1. The normalized spacial score (nSPS) is 39.3. The first-order valence-corrected chi connectivity index (χ1v) is 15.0. The van der Waals surface area contributed by atoms with E-state index in [1.54, 1.807) is 0 Å². The van der Waals surface area contributed by atoms with Gasteiger partial charge in [0, 0.05) is 27.8 Å². The number of rotatable bonds is 5. The van der Waals surface area contributed by atoms with Crippen molar-refractivity contribution in [1.29, 1.82) is 0 Å². The van der Waals surface area contributed by atoms with Crippen molar-refractivity contribution in [2.75, 3.05) is 13.2 Å². The minimum absolute atomic E-state index is 0.0416. The molecule has 0 aromatic rings. The number of carbonyl (C=O) groups excluding carboxylic acids is 3. The van der Waals surface area contributed by atoms with Crippen molar-refractivity contribution in [2.45, 2.75) is 94.4 Å². The molecule has 11 heteroatoms. The number of hydrogen-bond acceptors (Lipinski definition) is 6. The molecular formula is C28H39BrF4O6. The quantitative estimate of drug-likeness (QED) is 0.231. The highest BCUT2D eigenvalue weighted by Gasteiger charge is 2.71. The summed E-state index contributed by atoms with van der Waals surface area (Å²) in [4.78, 5) is 29.6. The van der Waals surface area contributed by atoms with E-state index in [0.717, 1.165) is 18.3 Å². The third kappa shape index (κ3) is 6.04. The van der Waals surface area contributed by atoms with Crippen molar-refractivity contribution in [1.82, 2.24) is 0 Å². The third-order valence-corrected chi connectivity index (χ3v) is 10.2. The van der Waals surface area contributed by atoms with E-state index in [9.17, 15) is 37.1 Å².